The van der Waals surface area contributed by atoms with E-state index in [9.17, 15) is 9.59 Å². The van der Waals surface area contributed by atoms with Crippen LogP contribution in [0.3, 0.4) is 0 Å². The molecular weight excluding hydrogens is 432 g/mol. The Balaban J connectivity index is 1.40. The molecule has 170 valence electrons. The number of nitrogens with one attached hydrogen (secondary N) is 4. The van der Waals surface area contributed by atoms with Crippen molar-refractivity contribution in [1.29, 1.82) is 0 Å². The second kappa shape index (κ2) is 7.84. The van der Waals surface area contributed by atoms with Gasteiger partial charge in [-0.15, -0.1) is 0 Å². The largest absolute Gasteiger partial charge is 0.351 e. The zero-order valence-electron chi connectivity index (χ0n) is 18.4. The average Bonchev–Trinajstić information content (AvgIpc) is 3.47. The van der Waals surface area contributed by atoms with Gasteiger partial charge < -0.3 is 16.0 Å². The first-order valence-electron chi connectivity index (χ1n) is 11.2. The summed E-state index contributed by atoms with van der Waals surface area (Å²) in [6.45, 7) is 2.07. The summed E-state index contributed by atoms with van der Waals surface area (Å²) in [5, 5.41) is 18.3. The van der Waals surface area contributed by atoms with Gasteiger partial charge in [-0.3, -0.25) is 10.1 Å². The highest BCUT2D eigenvalue weighted by Gasteiger charge is 2.26. The smallest absolute Gasteiger partial charge is 0.326 e. The van der Waals surface area contributed by atoms with Gasteiger partial charge in [-0.25, -0.2) is 4.79 Å². The molecular formula is C24H22N8O2. The lowest BCUT2D eigenvalue weighted by molar-refractivity contribution is -0.115. The summed E-state index contributed by atoms with van der Waals surface area (Å²) < 4.78 is 1.62. The summed E-state index contributed by atoms with van der Waals surface area (Å²) in [5.74, 6) is 0.526. The number of hydrogen-bond acceptors (Lipinski definition) is 7. The van der Waals surface area contributed by atoms with Gasteiger partial charge in [0.15, 0.2) is 5.65 Å². The molecule has 10 heteroatoms. The minimum atomic E-state index is -0.551. The summed E-state index contributed by atoms with van der Waals surface area (Å²) in [6, 6.07) is 14.2. The lowest BCUT2D eigenvalue weighted by Crippen LogP contribution is -2.22. The second-order valence-electron chi connectivity index (χ2n) is 8.53. The number of benzene rings is 2. The number of carbonyl (C=O) groups is 2. The third kappa shape index (κ3) is 3.68. The van der Waals surface area contributed by atoms with Crippen molar-refractivity contribution >= 4 is 46.3 Å². The minimum Gasteiger partial charge on any atom is -0.351 e. The van der Waals surface area contributed by atoms with Crippen LogP contribution < -0.4 is 21.3 Å². The van der Waals surface area contributed by atoms with E-state index in [1.807, 2.05) is 18.2 Å². The number of hydrogen-bond donors (Lipinski definition) is 4. The lowest BCUT2D eigenvalue weighted by atomic mass is 10.00. The molecule has 1 aliphatic heterocycles. The van der Waals surface area contributed by atoms with Crippen LogP contribution in [0, 0.1) is 0 Å². The molecule has 34 heavy (non-hydrogen) atoms. The molecule has 1 saturated heterocycles. The van der Waals surface area contributed by atoms with Crippen LogP contribution in [0.1, 0.15) is 36.9 Å². The molecule has 4 aromatic rings. The molecule has 2 aromatic heterocycles. The van der Waals surface area contributed by atoms with Crippen LogP contribution >= 0.6 is 0 Å². The predicted octanol–water partition coefficient (Wildman–Crippen LogP) is 3.21. The highest BCUT2D eigenvalue weighted by Crippen LogP contribution is 2.29. The molecule has 2 aliphatic rings. The van der Waals surface area contributed by atoms with E-state index in [1.165, 1.54) is 10.8 Å². The fourth-order valence-corrected chi connectivity index (χ4v) is 4.10. The molecule has 0 bridgehead atoms. The van der Waals surface area contributed by atoms with Crippen LogP contribution in [0.25, 0.3) is 22.5 Å². The molecule has 3 amide bonds. The average molecular weight is 454 g/mol. The van der Waals surface area contributed by atoms with Crippen molar-refractivity contribution in [3.05, 3.63) is 65.5 Å². The summed E-state index contributed by atoms with van der Waals surface area (Å²) in [7, 11) is 0. The van der Waals surface area contributed by atoms with Gasteiger partial charge in [0.05, 0.1) is 12.2 Å². The maximum atomic E-state index is 12.0. The van der Waals surface area contributed by atoms with Crippen molar-refractivity contribution in [2.45, 2.75) is 31.8 Å². The molecule has 1 saturated carbocycles. The third-order valence-electron chi connectivity index (χ3n) is 5.96. The maximum Gasteiger partial charge on any atom is 0.326 e. The van der Waals surface area contributed by atoms with Crippen molar-refractivity contribution in [3.8, 4) is 0 Å². The number of rotatable bonds is 6. The Kier molecular flexibility index (Phi) is 4.65. The van der Waals surface area contributed by atoms with Crippen LogP contribution in [0.15, 0.2) is 54.4 Å². The van der Waals surface area contributed by atoms with Crippen molar-refractivity contribution in [1.82, 2.24) is 30.2 Å². The van der Waals surface area contributed by atoms with E-state index in [-0.39, 0.29) is 11.7 Å². The second-order valence-corrected chi connectivity index (χ2v) is 8.53. The Labute approximate surface area is 194 Å². The number of urea groups is 1. The lowest BCUT2D eigenvalue weighted by Gasteiger charge is -2.17. The topological polar surface area (TPSA) is 125 Å². The Morgan fingerprint density at radius 3 is 2.71 bits per heavy atom. The van der Waals surface area contributed by atoms with E-state index in [1.54, 1.807) is 16.8 Å². The third-order valence-corrected chi connectivity index (χ3v) is 5.96. The fraction of sp³-hybridized carbons (Fsp3) is 0.208. The highest BCUT2D eigenvalue weighted by molar-refractivity contribution is 6.14. The van der Waals surface area contributed by atoms with Crippen LogP contribution in [0.2, 0.25) is 0 Å². The zero-order valence-corrected chi connectivity index (χ0v) is 18.4. The number of fused-ring (bicyclic) bond motifs is 2. The van der Waals surface area contributed by atoms with Gasteiger partial charge in [0.25, 0.3) is 5.91 Å². The first-order valence-corrected chi connectivity index (χ1v) is 11.2. The standard InChI is InChI=1S/C24H22N8O2/c1-13(17-8-4-6-14-5-2-3-7-18(14)17)26-22-29-20-15(11-19-21(33)30-24(34)28-19)12-25-32(20)23(31-22)27-16-9-10-16/h2-8,11-13,16H,9-10H2,1H3,(H2,26,27,29,31)(H2,28,30,33,34)/b19-11-/t13-/m0/s1. The number of anilines is 2. The molecule has 0 spiro atoms. The first-order chi connectivity index (χ1) is 16.5. The monoisotopic (exact) mass is 454 g/mol. The van der Waals surface area contributed by atoms with Gasteiger partial charge in [0.1, 0.15) is 5.70 Å². The molecule has 10 nitrogen and oxygen atoms in total. The minimum absolute atomic E-state index is 0.0630. The molecule has 1 atom stereocenters. The van der Waals surface area contributed by atoms with Gasteiger partial charge in [0, 0.05) is 11.6 Å². The van der Waals surface area contributed by atoms with Gasteiger partial charge in [0.2, 0.25) is 11.9 Å². The normalized spacial score (nSPS) is 17.7. The highest BCUT2D eigenvalue weighted by atomic mass is 16.2. The molecule has 6 rings (SSSR count). The Morgan fingerprint density at radius 1 is 1.09 bits per heavy atom. The van der Waals surface area contributed by atoms with Crippen LogP contribution in [-0.2, 0) is 4.79 Å². The number of carbonyl (C=O) groups excluding carboxylic acids is 2. The van der Waals surface area contributed by atoms with Crippen LogP contribution in [0.5, 0.6) is 0 Å². The summed E-state index contributed by atoms with van der Waals surface area (Å²) in [4.78, 5) is 32.9. The van der Waals surface area contributed by atoms with E-state index in [0.29, 0.717) is 29.1 Å². The number of amides is 3. The summed E-state index contributed by atoms with van der Waals surface area (Å²) >= 11 is 0. The van der Waals surface area contributed by atoms with Crippen LogP contribution in [0.4, 0.5) is 16.7 Å². The van der Waals surface area contributed by atoms with Gasteiger partial charge in [-0.1, -0.05) is 42.5 Å². The Bertz CT molecular complexity index is 1480. The Morgan fingerprint density at radius 2 is 1.91 bits per heavy atom. The molecule has 1 aliphatic carbocycles. The summed E-state index contributed by atoms with van der Waals surface area (Å²) in [5.41, 5.74) is 2.40. The zero-order chi connectivity index (χ0) is 23.2. The van der Waals surface area contributed by atoms with E-state index < -0.39 is 11.9 Å². The maximum absolute atomic E-state index is 12.0. The Hall–Kier alpha value is -4.47. The number of nitrogens with zero attached hydrogens (tertiary/aromatic N) is 4. The quantitative estimate of drug-likeness (QED) is 0.260. The summed E-state index contributed by atoms with van der Waals surface area (Å²) in [6.07, 6.45) is 5.31. The van der Waals surface area contributed by atoms with Gasteiger partial charge in [-0.2, -0.15) is 19.6 Å². The molecule has 2 fully saturated rings. The van der Waals surface area contributed by atoms with Crippen molar-refractivity contribution in [2.75, 3.05) is 10.6 Å². The molecule has 3 heterocycles. The van der Waals surface area contributed by atoms with E-state index in [4.69, 9.17) is 9.97 Å². The SMILES string of the molecule is C[C@H](Nc1nc(NC2CC2)n2ncc(/C=C3\NC(=O)NC3=O)c2n1)c1cccc2ccccc12. The number of aromatic nitrogens is 4. The molecule has 4 N–H and O–H groups in total. The van der Waals surface area contributed by atoms with E-state index in [2.05, 4.69) is 57.6 Å². The van der Waals surface area contributed by atoms with Crippen molar-refractivity contribution in [3.63, 3.8) is 0 Å². The molecule has 0 radical (unpaired) electrons. The first kappa shape index (κ1) is 20.2. The van der Waals surface area contributed by atoms with Crippen molar-refractivity contribution < 1.29 is 9.59 Å². The van der Waals surface area contributed by atoms with E-state index >= 15 is 0 Å². The van der Waals surface area contributed by atoms with Gasteiger partial charge >= 0.3 is 6.03 Å². The molecule has 0 unspecified atom stereocenters. The fourth-order valence-electron chi connectivity index (χ4n) is 4.10. The molecule has 2 aromatic carbocycles. The van der Waals surface area contributed by atoms with E-state index in [0.717, 1.165) is 18.4 Å². The van der Waals surface area contributed by atoms with Gasteiger partial charge in [-0.05, 0) is 42.2 Å². The number of imide groups is 1. The predicted molar refractivity (Wildman–Crippen MR) is 128 cm³/mol. The van der Waals surface area contributed by atoms with Crippen molar-refractivity contribution in [2.24, 2.45) is 0 Å². The van der Waals surface area contributed by atoms with Crippen LogP contribution in [-0.4, -0.2) is 37.6 Å².